The number of hydrogen-bond acceptors (Lipinski definition) is 11. The number of aromatic hydroxyl groups is 1. The molecule has 1 atom stereocenters. The Balaban J connectivity index is 2.02. The lowest BCUT2D eigenvalue weighted by Crippen LogP contribution is -2.19. The number of ketones is 1. The van der Waals surface area contributed by atoms with Crippen LogP contribution in [0.15, 0.2) is 27.3 Å². The molecule has 0 aliphatic heterocycles. The Morgan fingerprint density at radius 1 is 0.771 bits per heavy atom. The van der Waals surface area contributed by atoms with Crippen LogP contribution in [-0.4, -0.2) is 67.5 Å². The zero-order valence-corrected chi connectivity index (χ0v) is 26.7. The van der Waals surface area contributed by atoms with E-state index in [1.54, 1.807) is 19.1 Å². The van der Waals surface area contributed by atoms with Crippen molar-refractivity contribution in [1.82, 2.24) is 0 Å². The Bertz CT molecular complexity index is 2360. The molecule has 0 bridgehead atoms. The number of aliphatic carboxylic acids is 2. The van der Waals surface area contributed by atoms with Crippen molar-refractivity contribution in [3.63, 3.8) is 0 Å². The van der Waals surface area contributed by atoms with Gasteiger partial charge in [-0.25, -0.2) is 0 Å². The number of carboxylic acids is 2. The van der Waals surface area contributed by atoms with E-state index in [9.17, 15) is 39.3 Å². The van der Waals surface area contributed by atoms with Gasteiger partial charge in [0.15, 0.2) is 16.9 Å². The smallest absolute Gasteiger partial charge is 0.305 e. The van der Waals surface area contributed by atoms with Crippen LogP contribution < -0.4 is 35.7 Å². The van der Waals surface area contributed by atoms with Crippen molar-refractivity contribution in [3.05, 3.63) is 49.3 Å². The molecule has 1 aliphatic carbocycles. The number of rotatable bonds is 12. The Kier molecular flexibility index (Phi) is 7.86. The first-order valence-corrected chi connectivity index (χ1v) is 15.0. The van der Waals surface area contributed by atoms with Crippen LogP contribution in [0.3, 0.4) is 0 Å². The van der Waals surface area contributed by atoms with Gasteiger partial charge < -0.3 is 40.2 Å². The van der Waals surface area contributed by atoms with E-state index in [1.807, 2.05) is 0 Å². The summed E-state index contributed by atoms with van der Waals surface area (Å²) in [5.74, 6) is -3.61. The van der Waals surface area contributed by atoms with Crippen molar-refractivity contribution >= 4 is 78.3 Å². The molecule has 0 fully saturated rings. The maximum atomic E-state index is 14.7. The predicted octanol–water partition coefficient (Wildman–Crippen LogP) is 4.49. The maximum absolute atomic E-state index is 14.7. The number of carbonyl (C=O) groups is 3. The van der Waals surface area contributed by atoms with Gasteiger partial charge in [-0.2, -0.15) is 0 Å². The predicted molar refractivity (Wildman–Crippen MR) is 181 cm³/mol. The van der Waals surface area contributed by atoms with Gasteiger partial charge in [0.1, 0.15) is 17.3 Å². The van der Waals surface area contributed by atoms with Crippen molar-refractivity contribution in [1.29, 1.82) is 0 Å². The summed E-state index contributed by atoms with van der Waals surface area (Å²) in [6, 6.07) is 2.78. The number of allylic oxidation sites excluding steroid dienone is 1. The van der Waals surface area contributed by atoms with Crippen LogP contribution >= 0.6 is 0 Å². The summed E-state index contributed by atoms with van der Waals surface area (Å²) in [7, 11) is 4.12. The summed E-state index contributed by atoms with van der Waals surface area (Å²) in [4.78, 5) is 64.9. The molecule has 13 heteroatoms. The normalized spacial score (nSPS) is 14.0. The molecule has 0 aromatic heterocycles. The number of methoxy groups -OCH3 is 3. The van der Waals surface area contributed by atoms with E-state index in [0.29, 0.717) is 38.1 Å². The minimum absolute atomic E-state index is 0.0412. The molecule has 6 rings (SSSR count). The van der Waals surface area contributed by atoms with Crippen LogP contribution in [0.5, 0.6) is 23.0 Å². The summed E-state index contributed by atoms with van der Waals surface area (Å²) >= 11 is 0. The molecule has 0 saturated carbocycles. The van der Waals surface area contributed by atoms with Gasteiger partial charge >= 0.3 is 11.9 Å². The minimum atomic E-state index is -1.09. The van der Waals surface area contributed by atoms with E-state index in [2.05, 4.69) is 10.6 Å². The number of ether oxygens (including phenoxy) is 3. The Morgan fingerprint density at radius 2 is 1.35 bits per heavy atom. The lowest BCUT2D eigenvalue weighted by Gasteiger charge is -2.26. The molecular weight excluding hydrogens is 624 g/mol. The number of anilines is 2. The van der Waals surface area contributed by atoms with Gasteiger partial charge in [-0.15, -0.1) is 0 Å². The highest BCUT2D eigenvalue weighted by Crippen LogP contribution is 2.57. The van der Waals surface area contributed by atoms with Crippen LogP contribution in [-0.2, 0) is 14.4 Å². The summed E-state index contributed by atoms with van der Waals surface area (Å²) in [5.41, 5.74) is 0.304. The molecule has 0 radical (unpaired) electrons. The first-order chi connectivity index (χ1) is 22.9. The van der Waals surface area contributed by atoms with E-state index in [4.69, 9.17) is 14.2 Å². The highest BCUT2D eigenvalue weighted by Gasteiger charge is 2.37. The third-order valence-electron chi connectivity index (χ3n) is 8.97. The van der Waals surface area contributed by atoms with Crippen LogP contribution in [0.1, 0.15) is 43.7 Å². The van der Waals surface area contributed by atoms with Crippen molar-refractivity contribution in [2.75, 3.05) is 45.1 Å². The highest BCUT2D eigenvalue weighted by atomic mass is 16.5. The second-order valence-corrected chi connectivity index (χ2v) is 11.7. The van der Waals surface area contributed by atoms with Crippen molar-refractivity contribution in [2.45, 2.75) is 32.6 Å². The van der Waals surface area contributed by atoms with Gasteiger partial charge in [0.05, 0.1) is 56.5 Å². The molecule has 13 nitrogen and oxygen atoms in total. The number of phenols is 1. The van der Waals surface area contributed by atoms with Crippen LogP contribution in [0, 0.1) is 0 Å². The van der Waals surface area contributed by atoms with Crippen LogP contribution in [0.2, 0.25) is 0 Å². The lowest BCUT2D eigenvalue weighted by molar-refractivity contribution is -0.137. The van der Waals surface area contributed by atoms with Crippen molar-refractivity contribution in [3.8, 4) is 23.0 Å². The first kappa shape index (κ1) is 32.1. The fourth-order valence-corrected chi connectivity index (χ4v) is 7.20. The standard InChI is InChI=1S/C35H32N2O11/c1-13-10-15-23-28-24(33(44)32(15)37-9-7-21(42)43)16(36-8-6-20(40)41)11-18(46-3)26(28)27-19(47-4)12-17(39)25-30(27)29(23)31(22(13)14(2)38)35(48-5)34(25)45/h10-12,22,36-37,45H,6-9H2,1-5H3,(H,40,41)(H,42,43). The van der Waals surface area contributed by atoms with E-state index in [0.717, 1.165) is 0 Å². The molecule has 0 amide bonds. The number of hydrogen-bond donors (Lipinski definition) is 5. The number of nitrogens with one attached hydrogen (secondary N) is 2. The largest absolute Gasteiger partial charge is 0.504 e. The zero-order chi connectivity index (χ0) is 34.8. The molecular formula is C35H32N2O11. The third kappa shape index (κ3) is 4.56. The summed E-state index contributed by atoms with van der Waals surface area (Å²) < 4.78 is 17.4. The Hall–Kier alpha value is -5.85. The molecule has 48 heavy (non-hydrogen) atoms. The molecule has 5 aromatic carbocycles. The van der Waals surface area contributed by atoms with Gasteiger partial charge in [0.25, 0.3) is 0 Å². The van der Waals surface area contributed by atoms with Crippen molar-refractivity contribution in [2.24, 2.45) is 0 Å². The molecule has 248 valence electrons. The summed E-state index contributed by atoms with van der Waals surface area (Å²) in [6.45, 7) is 2.93. The maximum Gasteiger partial charge on any atom is 0.305 e. The van der Waals surface area contributed by atoms with Crippen LogP contribution in [0.25, 0.3) is 49.2 Å². The van der Waals surface area contributed by atoms with Gasteiger partial charge in [-0.1, -0.05) is 11.6 Å². The number of fused-ring (bicyclic) bond motifs is 1. The number of phenolic OH excluding ortho intramolecular Hbond substituents is 1. The minimum Gasteiger partial charge on any atom is -0.504 e. The molecule has 0 saturated heterocycles. The second-order valence-electron chi connectivity index (χ2n) is 11.7. The quantitative estimate of drug-likeness (QED) is 0.0931. The molecule has 1 aliphatic rings. The SMILES string of the molecule is COc1c(O)c2c(=O)cc(OC)c3c4c(OC)cc(NCCC(=O)O)c5c(=O)c(NCCC(=O)O)c6c(c(c1C(C(C)=O)C(C)=C6)c23)c54. The van der Waals surface area contributed by atoms with E-state index < -0.39 is 34.5 Å². The summed E-state index contributed by atoms with van der Waals surface area (Å²) in [5, 5.41) is 38.6. The van der Waals surface area contributed by atoms with Gasteiger partial charge in [0, 0.05) is 69.0 Å². The van der Waals surface area contributed by atoms with E-state index in [-0.39, 0.29) is 82.1 Å². The van der Waals surface area contributed by atoms with Crippen LogP contribution in [0.4, 0.5) is 11.4 Å². The Labute approximate surface area is 272 Å². The molecule has 0 spiro atoms. The first-order valence-electron chi connectivity index (χ1n) is 15.0. The number of carbonyl (C=O) groups excluding carboxylic acids is 1. The van der Waals surface area contributed by atoms with Gasteiger partial charge in [-0.3, -0.25) is 24.0 Å². The van der Waals surface area contributed by atoms with E-state index in [1.165, 1.54) is 34.3 Å². The number of Topliss-reactive ketones (excluding diaryl/α,β-unsaturated/α-hetero) is 1. The number of benzene rings is 5. The molecule has 5 aromatic rings. The Morgan fingerprint density at radius 3 is 1.92 bits per heavy atom. The van der Waals surface area contributed by atoms with Gasteiger partial charge in [0.2, 0.25) is 5.43 Å². The fourth-order valence-electron chi connectivity index (χ4n) is 7.20. The monoisotopic (exact) mass is 656 g/mol. The zero-order valence-electron chi connectivity index (χ0n) is 26.7. The molecule has 0 heterocycles. The number of carboxylic acid groups (broad SMARTS) is 2. The molecule has 5 N–H and O–H groups in total. The summed E-state index contributed by atoms with van der Waals surface area (Å²) in [6.07, 6.45) is 1.10. The van der Waals surface area contributed by atoms with Crippen molar-refractivity contribution < 1.29 is 43.9 Å². The third-order valence-corrected chi connectivity index (χ3v) is 8.97. The second kappa shape index (κ2) is 11.7. The lowest BCUT2D eigenvalue weighted by atomic mass is 9.80. The average molecular weight is 657 g/mol. The fraction of sp³-hybridized carbons (Fsp3) is 0.286. The average Bonchev–Trinajstić information content (AvgIpc) is 3.16. The topological polar surface area (TPSA) is 198 Å². The highest BCUT2D eigenvalue weighted by molar-refractivity contribution is 6.40. The van der Waals surface area contributed by atoms with E-state index >= 15 is 0 Å². The molecule has 1 unspecified atom stereocenters. The van der Waals surface area contributed by atoms with Gasteiger partial charge in [-0.05, 0) is 19.2 Å².